The van der Waals surface area contributed by atoms with Gasteiger partial charge in [0.2, 0.25) is 0 Å². The molecule has 0 amide bonds. The molecule has 1 N–H and O–H groups in total. The van der Waals surface area contributed by atoms with Crippen molar-refractivity contribution in [2.45, 2.75) is 51.0 Å². The quantitative estimate of drug-likeness (QED) is 0.607. The largest absolute Gasteiger partial charge is 0.315 e. The molecule has 0 atom stereocenters. The Hall–Kier alpha value is -0.380. The summed E-state index contributed by atoms with van der Waals surface area (Å²) in [5.74, 6) is 0. The molecule has 0 bridgehead atoms. The highest BCUT2D eigenvalue weighted by Gasteiger charge is 2.15. The molecule has 0 aliphatic heterocycles. The van der Waals surface area contributed by atoms with Crippen molar-refractivity contribution in [2.24, 2.45) is 0 Å². The molecule has 2 nitrogen and oxygen atoms in total. The Morgan fingerprint density at radius 1 is 1.21 bits per heavy atom. The van der Waals surface area contributed by atoms with Crippen LogP contribution in [-0.4, -0.2) is 37.6 Å². The summed E-state index contributed by atoms with van der Waals surface area (Å²) in [7, 11) is 2.30. The van der Waals surface area contributed by atoms with Gasteiger partial charge in [0.05, 0.1) is 0 Å². The number of nitrogens with one attached hydrogen (secondary N) is 1. The van der Waals surface area contributed by atoms with Gasteiger partial charge < -0.3 is 10.2 Å². The Morgan fingerprint density at radius 3 is 2.68 bits per heavy atom. The molecule has 1 saturated carbocycles. The van der Waals surface area contributed by atoms with E-state index in [-0.39, 0.29) is 0 Å². The van der Waals surface area contributed by atoms with Crippen molar-refractivity contribution in [1.29, 1.82) is 0 Å². The summed E-state index contributed by atoms with van der Waals surface area (Å²) in [5, 5.41) is 7.98. The fourth-order valence-electron chi connectivity index (χ4n) is 2.93. The van der Waals surface area contributed by atoms with Gasteiger partial charge in [-0.3, -0.25) is 0 Å². The predicted octanol–water partition coefficient (Wildman–Crippen LogP) is 3.53. The summed E-state index contributed by atoms with van der Waals surface area (Å²) in [6, 6.07) is 3.06. The van der Waals surface area contributed by atoms with Gasteiger partial charge in [0, 0.05) is 19.1 Å². The van der Waals surface area contributed by atoms with E-state index in [1.54, 1.807) is 11.3 Å². The Balaban J connectivity index is 1.54. The molecule has 3 heteroatoms. The van der Waals surface area contributed by atoms with E-state index < -0.39 is 0 Å². The van der Waals surface area contributed by atoms with Crippen LogP contribution in [0.2, 0.25) is 0 Å². The fraction of sp³-hybridized carbons (Fsp3) is 0.750. The zero-order chi connectivity index (χ0) is 13.3. The third-order valence-electron chi connectivity index (χ3n) is 4.26. The number of hydrogen-bond donors (Lipinski definition) is 1. The smallest absolute Gasteiger partial charge is 0.0107 e. The van der Waals surface area contributed by atoms with Gasteiger partial charge in [0.1, 0.15) is 0 Å². The number of likely N-dealkylation sites (N-methyl/N-ethyl adjacent to an activating group) is 1. The van der Waals surface area contributed by atoms with Gasteiger partial charge >= 0.3 is 0 Å². The highest BCUT2D eigenvalue weighted by Crippen LogP contribution is 2.20. The minimum absolute atomic E-state index is 0.834. The molecule has 0 unspecified atom stereocenters. The fourth-order valence-corrected chi connectivity index (χ4v) is 3.63. The predicted molar refractivity (Wildman–Crippen MR) is 85.0 cm³/mol. The molecule has 0 radical (unpaired) electrons. The Kier molecular flexibility index (Phi) is 6.90. The summed E-state index contributed by atoms with van der Waals surface area (Å²) in [6.45, 7) is 3.42. The van der Waals surface area contributed by atoms with Crippen molar-refractivity contribution in [3.05, 3.63) is 22.4 Å². The lowest BCUT2D eigenvalue weighted by Crippen LogP contribution is -2.37. The summed E-state index contributed by atoms with van der Waals surface area (Å²) in [6.07, 6.45) is 9.74. The molecule has 108 valence electrons. The molecule has 1 heterocycles. The molecule has 1 aliphatic carbocycles. The zero-order valence-electron chi connectivity index (χ0n) is 12.2. The molecule has 1 aliphatic rings. The molecule has 1 aromatic heterocycles. The van der Waals surface area contributed by atoms with Crippen LogP contribution in [0.3, 0.4) is 0 Å². The van der Waals surface area contributed by atoms with E-state index in [9.17, 15) is 0 Å². The first-order valence-electron chi connectivity index (χ1n) is 7.78. The van der Waals surface area contributed by atoms with Crippen LogP contribution in [0.1, 0.15) is 44.1 Å². The van der Waals surface area contributed by atoms with Crippen molar-refractivity contribution in [3.8, 4) is 0 Å². The van der Waals surface area contributed by atoms with E-state index in [1.165, 1.54) is 50.6 Å². The monoisotopic (exact) mass is 280 g/mol. The topological polar surface area (TPSA) is 15.3 Å². The number of hydrogen-bond acceptors (Lipinski definition) is 3. The third-order valence-corrected chi connectivity index (χ3v) is 4.99. The maximum absolute atomic E-state index is 3.57. The van der Waals surface area contributed by atoms with Crippen LogP contribution >= 0.6 is 11.3 Å². The Morgan fingerprint density at radius 2 is 2.00 bits per heavy atom. The van der Waals surface area contributed by atoms with Gasteiger partial charge in [0.15, 0.2) is 0 Å². The van der Waals surface area contributed by atoms with Crippen LogP contribution in [0, 0.1) is 0 Å². The molecule has 0 spiro atoms. The standard InChI is InChI=1S/C16H28N2S/c1-18(16-6-4-2-3-5-7-16)12-11-17-10-8-15-9-13-19-14-15/h9,13-14,16-17H,2-8,10-12H2,1H3. The molecule has 0 aromatic carbocycles. The van der Waals surface area contributed by atoms with Crippen molar-refractivity contribution >= 4 is 11.3 Å². The van der Waals surface area contributed by atoms with Gasteiger partial charge in [-0.2, -0.15) is 11.3 Å². The van der Waals surface area contributed by atoms with Crippen molar-refractivity contribution in [2.75, 3.05) is 26.7 Å². The van der Waals surface area contributed by atoms with Crippen LogP contribution in [0.25, 0.3) is 0 Å². The number of rotatable bonds is 7. The molecule has 1 aromatic rings. The summed E-state index contributed by atoms with van der Waals surface area (Å²) in [5.41, 5.74) is 1.47. The van der Waals surface area contributed by atoms with E-state index in [0.29, 0.717) is 0 Å². The van der Waals surface area contributed by atoms with Crippen molar-refractivity contribution in [3.63, 3.8) is 0 Å². The second kappa shape index (κ2) is 8.72. The Bertz CT molecular complexity index is 315. The van der Waals surface area contributed by atoms with Crippen LogP contribution in [0.4, 0.5) is 0 Å². The van der Waals surface area contributed by atoms with Gasteiger partial charge in [-0.1, -0.05) is 25.7 Å². The lowest BCUT2D eigenvalue weighted by molar-refractivity contribution is 0.221. The highest BCUT2D eigenvalue weighted by molar-refractivity contribution is 7.07. The summed E-state index contributed by atoms with van der Waals surface area (Å²) >= 11 is 1.79. The molecule has 0 saturated heterocycles. The minimum atomic E-state index is 0.834. The summed E-state index contributed by atoms with van der Waals surface area (Å²) < 4.78 is 0. The molecular weight excluding hydrogens is 252 g/mol. The van der Waals surface area contributed by atoms with E-state index >= 15 is 0 Å². The van der Waals surface area contributed by atoms with E-state index in [2.05, 4.69) is 34.1 Å². The maximum Gasteiger partial charge on any atom is 0.0107 e. The van der Waals surface area contributed by atoms with Crippen molar-refractivity contribution < 1.29 is 0 Å². The van der Waals surface area contributed by atoms with Crippen LogP contribution in [0.5, 0.6) is 0 Å². The van der Waals surface area contributed by atoms with Crippen LogP contribution in [-0.2, 0) is 6.42 Å². The van der Waals surface area contributed by atoms with Gasteiger partial charge in [0.25, 0.3) is 0 Å². The minimum Gasteiger partial charge on any atom is -0.315 e. The molecular formula is C16H28N2S. The zero-order valence-corrected chi connectivity index (χ0v) is 13.1. The lowest BCUT2D eigenvalue weighted by atomic mass is 10.1. The van der Waals surface area contributed by atoms with E-state index in [4.69, 9.17) is 0 Å². The highest BCUT2D eigenvalue weighted by atomic mass is 32.1. The average molecular weight is 280 g/mol. The van der Waals surface area contributed by atoms with E-state index in [1.807, 2.05) is 0 Å². The number of nitrogens with zero attached hydrogens (tertiary/aromatic N) is 1. The SMILES string of the molecule is CN(CCNCCc1ccsc1)C1CCCCCC1. The molecule has 19 heavy (non-hydrogen) atoms. The van der Waals surface area contributed by atoms with Crippen LogP contribution in [0.15, 0.2) is 16.8 Å². The second-order valence-corrected chi connectivity index (χ2v) is 6.54. The average Bonchev–Trinajstić information content (AvgIpc) is 2.78. The lowest BCUT2D eigenvalue weighted by Gasteiger charge is -2.27. The van der Waals surface area contributed by atoms with Crippen molar-refractivity contribution in [1.82, 2.24) is 10.2 Å². The van der Waals surface area contributed by atoms with Crippen LogP contribution < -0.4 is 5.32 Å². The summed E-state index contributed by atoms with van der Waals surface area (Å²) in [4.78, 5) is 2.57. The third kappa shape index (κ3) is 5.64. The maximum atomic E-state index is 3.57. The van der Waals surface area contributed by atoms with E-state index in [0.717, 1.165) is 25.6 Å². The van der Waals surface area contributed by atoms with Gasteiger partial charge in [-0.05, 0) is 55.2 Å². The first-order valence-corrected chi connectivity index (χ1v) is 8.72. The first kappa shape index (κ1) is 15.0. The van der Waals surface area contributed by atoms with Gasteiger partial charge in [-0.15, -0.1) is 0 Å². The first-order chi connectivity index (χ1) is 9.36. The Labute approximate surface area is 122 Å². The molecule has 2 rings (SSSR count). The number of thiophene rings is 1. The molecule has 1 fully saturated rings. The van der Waals surface area contributed by atoms with Gasteiger partial charge in [-0.25, -0.2) is 0 Å². The normalized spacial score (nSPS) is 17.8. The second-order valence-electron chi connectivity index (χ2n) is 5.76.